The molecular formula is C16H23N5O. The quantitative estimate of drug-likeness (QED) is 0.798. The van der Waals surface area contributed by atoms with Crippen LogP contribution in [-0.2, 0) is 19.5 Å². The summed E-state index contributed by atoms with van der Waals surface area (Å²) in [5.74, 6) is 2.23. The molecule has 0 aromatic carbocycles. The topological polar surface area (TPSA) is 80.2 Å². The van der Waals surface area contributed by atoms with Crippen LogP contribution in [0, 0.1) is 0 Å². The Morgan fingerprint density at radius 1 is 1.41 bits per heavy atom. The van der Waals surface area contributed by atoms with Crippen molar-refractivity contribution < 1.29 is 4.42 Å². The van der Waals surface area contributed by atoms with Crippen molar-refractivity contribution in [2.24, 2.45) is 0 Å². The average Bonchev–Trinajstić information content (AvgIpc) is 3.01. The Hall–Kier alpha value is -2.08. The van der Waals surface area contributed by atoms with Crippen molar-refractivity contribution in [2.75, 3.05) is 24.1 Å². The van der Waals surface area contributed by atoms with Crippen LogP contribution in [0.3, 0.4) is 0 Å². The third-order valence-corrected chi connectivity index (χ3v) is 3.94. The molecule has 1 aliphatic heterocycles. The van der Waals surface area contributed by atoms with Crippen molar-refractivity contribution in [1.29, 1.82) is 0 Å². The predicted molar refractivity (Wildman–Crippen MR) is 86.4 cm³/mol. The molecule has 0 spiro atoms. The summed E-state index contributed by atoms with van der Waals surface area (Å²) in [7, 11) is 0. The maximum atomic E-state index is 5.84. The predicted octanol–water partition coefficient (Wildman–Crippen LogP) is 2.42. The number of furan rings is 1. The van der Waals surface area contributed by atoms with Gasteiger partial charge in [0.2, 0.25) is 5.95 Å². The maximum absolute atomic E-state index is 5.84. The Balaban J connectivity index is 1.75. The first kappa shape index (κ1) is 14.8. The number of hydrogen-bond acceptors (Lipinski definition) is 6. The minimum Gasteiger partial charge on any atom is -0.468 e. The fourth-order valence-corrected chi connectivity index (χ4v) is 2.78. The number of nitrogens with two attached hydrogens (primary N) is 1. The van der Waals surface area contributed by atoms with E-state index in [1.807, 2.05) is 12.1 Å². The van der Waals surface area contributed by atoms with E-state index in [0.717, 1.165) is 62.7 Å². The zero-order chi connectivity index (χ0) is 15.4. The highest BCUT2D eigenvalue weighted by atomic mass is 16.3. The summed E-state index contributed by atoms with van der Waals surface area (Å²) in [5, 5.41) is 3.41. The molecule has 0 aliphatic carbocycles. The number of hydrogen-bond donors (Lipinski definition) is 2. The lowest BCUT2D eigenvalue weighted by Crippen LogP contribution is -2.32. The summed E-state index contributed by atoms with van der Waals surface area (Å²) >= 11 is 0. The molecular weight excluding hydrogens is 278 g/mol. The lowest BCUT2D eigenvalue weighted by Gasteiger charge is -2.28. The van der Waals surface area contributed by atoms with Gasteiger partial charge in [0.05, 0.1) is 18.5 Å². The highest BCUT2D eigenvalue weighted by Gasteiger charge is 2.22. The average molecular weight is 301 g/mol. The van der Waals surface area contributed by atoms with E-state index >= 15 is 0 Å². The number of nitrogen functional groups attached to an aromatic ring is 1. The molecule has 3 heterocycles. The number of anilines is 2. The summed E-state index contributed by atoms with van der Waals surface area (Å²) in [4.78, 5) is 11.2. The van der Waals surface area contributed by atoms with E-state index in [4.69, 9.17) is 10.2 Å². The lowest BCUT2D eigenvalue weighted by molar-refractivity contribution is 0.224. The Morgan fingerprint density at radius 3 is 3.09 bits per heavy atom. The molecule has 1 aliphatic rings. The second-order valence-corrected chi connectivity index (χ2v) is 5.68. The number of rotatable bonds is 6. The molecule has 22 heavy (non-hydrogen) atoms. The van der Waals surface area contributed by atoms with E-state index in [9.17, 15) is 0 Å². The molecule has 118 valence electrons. The summed E-state index contributed by atoms with van der Waals surface area (Å²) in [6, 6.07) is 3.93. The van der Waals surface area contributed by atoms with Crippen molar-refractivity contribution in [1.82, 2.24) is 14.9 Å². The first-order chi connectivity index (χ1) is 10.8. The van der Waals surface area contributed by atoms with Crippen molar-refractivity contribution in [3.8, 4) is 0 Å². The maximum Gasteiger partial charge on any atom is 0.222 e. The van der Waals surface area contributed by atoms with Crippen LogP contribution >= 0.6 is 0 Å². The molecule has 0 amide bonds. The van der Waals surface area contributed by atoms with Crippen LogP contribution in [-0.4, -0.2) is 28.0 Å². The smallest absolute Gasteiger partial charge is 0.222 e. The molecule has 3 rings (SSSR count). The van der Waals surface area contributed by atoms with E-state index in [1.54, 1.807) is 6.26 Å². The van der Waals surface area contributed by atoms with Gasteiger partial charge in [-0.1, -0.05) is 13.3 Å². The molecule has 0 unspecified atom stereocenters. The van der Waals surface area contributed by atoms with Gasteiger partial charge in [0.25, 0.3) is 0 Å². The van der Waals surface area contributed by atoms with Gasteiger partial charge in [-0.3, -0.25) is 4.90 Å². The van der Waals surface area contributed by atoms with E-state index in [1.165, 1.54) is 5.56 Å². The monoisotopic (exact) mass is 301 g/mol. The first-order valence-corrected chi connectivity index (χ1v) is 7.90. The van der Waals surface area contributed by atoms with Gasteiger partial charge < -0.3 is 15.5 Å². The number of nitrogens with zero attached hydrogens (tertiary/aromatic N) is 3. The Bertz CT molecular complexity index is 611. The number of fused-ring (bicyclic) bond motifs is 1. The van der Waals surface area contributed by atoms with Gasteiger partial charge in [-0.15, -0.1) is 0 Å². The fourth-order valence-electron chi connectivity index (χ4n) is 2.78. The van der Waals surface area contributed by atoms with Gasteiger partial charge in [-0.05, 0) is 18.6 Å². The standard InChI is InChI=1S/C16H23N5O/c1-2-3-7-18-15-13-11-21(10-12-5-4-9-22-12)8-6-14(13)19-16(17)20-15/h4-5,9H,2-3,6-8,10-11H2,1H3,(H3,17,18,19,20). The molecule has 3 N–H and O–H groups in total. The van der Waals surface area contributed by atoms with Crippen LogP contribution < -0.4 is 11.1 Å². The van der Waals surface area contributed by atoms with Gasteiger partial charge in [-0.2, -0.15) is 4.98 Å². The fraction of sp³-hybridized carbons (Fsp3) is 0.500. The van der Waals surface area contributed by atoms with Crippen molar-refractivity contribution >= 4 is 11.8 Å². The molecule has 0 fully saturated rings. The van der Waals surface area contributed by atoms with Crippen molar-refractivity contribution in [3.63, 3.8) is 0 Å². The first-order valence-electron chi connectivity index (χ1n) is 7.90. The van der Waals surface area contributed by atoms with Crippen LogP contribution in [0.1, 0.15) is 36.8 Å². The third kappa shape index (κ3) is 3.39. The highest BCUT2D eigenvalue weighted by molar-refractivity contribution is 5.50. The number of nitrogens with one attached hydrogen (secondary N) is 1. The highest BCUT2D eigenvalue weighted by Crippen LogP contribution is 2.25. The van der Waals surface area contributed by atoms with E-state index in [2.05, 4.69) is 27.1 Å². The van der Waals surface area contributed by atoms with Crippen LogP contribution in [0.2, 0.25) is 0 Å². The van der Waals surface area contributed by atoms with Gasteiger partial charge >= 0.3 is 0 Å². The summed E-state index contributed by atoms with van der Waals surface area (Å²) in [6.07, 6.45) is 4.88. The molecule has 0 atom stereocenters. The van der Waals surface area contributed by atoms with Crippen molar-refractivity contribution in [3.05, 3.63) is 35.4 Å². The lowest BCUT2D eigenvalue weighted by atomic mass is 10.1. The molecule has 6 nitrogen and oxygen atoms in total. The third-order valence-electron chi connectivity index (χ3n) is 3.94. The summed E-state index contributed by atoms with van der Waals surface area (Å²) in [5.41, 5.74) is 8.08. The summed E-state index contributed by atoms with van der Waals surface area (Å²) in [6.45, 7) is 5.68. The van der Waals surface area contributed by atoms with Gasteiger partial charge in [0.1, 0.15) is 11.6 Å². The molecule has 0 radical (unpaired) electrons. The van der Waals surface area contributed by atoms with Gasteiger partial charge in [0, 0.05) is 31.6 Å². The molecule has 0 saturated carbocycles. The zero-order valence-corrected chi connectivity index (χ0v) is 13.0. The van der Waals surface area contributed by atoms with Gasteiger partial charge in [0.15, 0.2) is 0 Å². The van der Waals surface area contributed by atoms with Crippen molar-refractivity contribution in [2.45, 2.75) is 39.3 Å². The number of unbranched alkanes of at least 4 members (excludes halogenated alkanes) is 1. The molecule has 2 aromatic heterocycles. The Labute approximate surface area is 130 Å². The van der Waals surface area contributed by atoms with E-state index in [0.29, 0.717) is 5.95 Å². The number of aromatic nitrogens is 2. The minimum atomic E-state index is 0.359. The Kier molecular flexibility index (Phi) is 4.58. The Morgan fingerprint density at radius 2 is 2.32 bits per heavy atom. The van der Waals surface area contributed by atoms with Crippen LogP contribution in [0.25, 0.3) is 0 Å². The van der Waals surface area contributed by atoms with E-state index < -0.39 is 0 Å². The minimum absolute atomic E-state index is 0.359. The normalized spacial score (nSPS) is 14.8. The molecule has 0 saturated heterocycles. The van der Waals surface area contributed by atoms with Crippen LogP contribution in [0.5, 0.6) is 0 Å². The van der Waals surface area contributed by atoms with Crippen LogP contribution in [0.4, 0.5) is 11.8 Å². The summed E-state index contributed by atoms with van der Waals surface area (Å²) < 4.78 is 5.44. The van der Waals surface area contributed by atoms with Gasteiger partial charge in [-0.25, -0.2) is 4.98 Å². The largest absolute Gasteiger partial charge is 0.468 e. The second kappa shape index (κ2) is 6.79. The second-order valence-electron chi connectivity index (χ2n) is 5.68. The van der Waals surface area contributed by atoms with E-state index in [-0.39, 0.29) is 0 Å². The molecule has 0 bridgehead atoms. The zero-order valence-electron chi connectivity index (χ0n) is 13.0. The SMILES string of the molecule is CCCCNc1nc(N)nc2c1CN(Cc1ccco1)CC2. The molecule has 2 aromatic rings. The van der Waals surface area contributed by atoms with Crippen LogP contribution in [0.15, 0.2) is 22.8 Å². The molecule has 6 heteroatoms.